The van der Waals surface area contributed by atoms with Crippen LogP contribution >= 0.6 is 0 Å². The summed E-state index contributed by atoms with van der Waals surface area (Å²) in [6, 6.07) is 14.5. The molecule has 1 amide bonds. The summed E-state index contributed by atoms with van der Waals surface area (Å²) in [6.07, 6.45) is 1.38. The lowest BCUT2D eigenvalue weighted by Crippen LogP contribution is -2.45. The maximum Gasteiger partial charge on any atom is 0.243 e. The summed E-state index contributed by atoms with van der Waals surface area (Å²) in [5.74, 6) is -0.416. The third-order valence-electron chi connectivity index (χ3n) is 5.39. The van der Waals surface area contributed by atoms with Crippen molar-refractivity contribution in [1.29, 1.82) is 0 Å². The second-order valence-electron chi connectivity index (χ2n) is 7.61. The summed E-state index contributed by atoms with van der Waals surface area (Å²) in [5, 5.41) is 3.08. The number of carbonyl (C=O) groups is 1. The first kappa shape index (κ1) is 20.6. The predicted molar refractivity (Wildman–Crippen MR) is 110 cm³/mol. The van der Waals surface area contributed by atoms with Gasteiger partial charge in [-0.15, -0.1) is 0 Å². The minimum absolute atomic E-state index is 0.0829. The quantitative estimate of drug-likeness (QED) is 0.834. The van der Waals surface area contributed by atoms with E-state index in [0.717, 1.165) is 11.1 Å². The van der Waals surface area contributed by atoms with Gasteiger partial charge in [-0.2, -0.15) is 4.31 Å². The molecule has 1 saturated heterocycles. The Morgan fingerprint density at radius 1 is 1.14 bits per heavy atom. The molecule has 28 heavy (non-hydrogen) atoms. The molecule has 0 bridgehead atoms. The summed E-state index contributed by atoms with van der Waals surface area (Å²) in [6.45, 7) is 6.73. The lowest BCUT2D eigenvalue weighted by Gasteiger charge is -2.32. The van der Waals surface area contributed by atoms with Crippen molar-refractivity contribution in [2.75, 3.05) is 13.1 Å². The summed E-state index contributed by atoms with van der Waals surface area (Å²) in [7, 11) is -3.57. The van der Waals surface area contributed by atoms with E-state index in [4.69, 9.17) is 0 Å². The van der Waals surface area contributed by atoms with Gasteiger partial charge in [0, 0.05) is 13.1 Å². The normalized spacial score (nSPS) is 19.2. The van der Waals surface area contributed by atoms with Crippen LogP contribution in [0.3, 0.4) is 0 Å². The first-order valence-corrected chi connectivity index (χ1v) is 11.2. The van der Waals surface area contributed by atoms with Crippen LogP contribution in [0.1, 0.15) is 42.5 Å². The van der Waals surface area contributed by atoms with Crippen LogP contribution in [0.4, 0.5) is 0 Å². The average Bonchev–Trinajstić information content (AvgIpc) is 2.68. The number of piperidine rings is 1. The zero-order valence-corrected chi connectivity index (χ0v) is 17.5. The Morgan fingerprint density at radius 2 is 1.86 bits per heavy atom. The molecule has 0 radical (unpaired) electrons. The van der Waals surface area contributed by atoms with Gasteiger partial charge in [0.15, 0.2) is 0 Å². The molecule has 2 atom stereocenters. The van der Waals surface area contributed by atoms with Gasteiger partial charge in [-0.1, -0.05) is 42.0 Å². The van der Waals surface area contributed by atoms with Crippen molar-refractivity contribution in [2.24, 2.45) is 5.92 Å². The van der Waals surface area contributed by atoms with E-state index >= 15 is 0 Å². The molecule has 0 saturated carbocycles. The molecule has 1 N–H and O–H groups in total. The topological polar surface area (TPSA) is 66.5 Å². The van der Waals surface area contributed by atoms with E-state index in [1.54, 1.807) is 30.3 Å². The summed E-state index contributed by atoms with van der Waals surface area (Å²) in [5.41, 5.74) is 3.42. The van der Waals surface area contributed by atoms with Crippen LogP contribution in [0, 0.1) is 19.8 Å². The summed E-state index contributed by atoms with van der Waals surface area (Å²) >= 11 is 0. The molecule has 0 aromatic heterocycles. The summed E-state index contributed by atoms with van der Waals surface area (Å²) < 4.78 is 27.2. The van der Waals surface area contributed by atoms with Gasteiger partial charge in [0.1, 0.15) is 0 Å². The number of rotatable bonds is 5. The highest BCUT2D eigenvalue weighted by Gasteiger charge is 2.33. The number of hydrogen-bond donors (Lipinski definition) is 1. The Morgan fingerprint density at radius 3 is 2.54 bits per heavy atom. The van der Waals surface area contributed by atoms with E-state index < -0.39 is 10.0 Å². The fourth-order valence-electron chi connectivity index (χ4n) is 3.84. The summed E-state index contributed by atoms with van der Waals surface area (Å²) in [4.78, 5) is 13.1. The lowest BCUT2D eigenvalue weighted by molar-refractivity contribution is -0.126. The molecule has 6 heteroatoms. The van der Waals surface area contributed by atoms with E-state index in [0.29, 0.717) is 19.4 Å². The molecule has 1 aliphatic rings. The van der Waals surface area contributed by atoms with Crippen molar-refractivity contribution in [3.63, 3.8) is 0 Å². The predicted octanol–water partition coefficient (Wildman–Crippen LogP) is 3.58. The lowest BCUT2D eigenvalue weighted by atomic mass is 9.96. The highest BCUT2D eigenvalue weighted by Crippen LogP contribution is 2.25. The molecule has 3 rings (SSSR count). The van der Waals surface area contributed by atoms with E-state index in [-0.39, 0.29) is 29.3 Å². The van der Waals surface area contributed by atoms with Gasteiger partial charge in [0.05, 0.1) is 16.9 Å². The van der Waals surface area contributed by atoms with Gasteiger partial charge in [0.2, 0.25) is 15.9 Å². The zero-order valence-electron chi connectivity index (χ0n) is 16.7. The number of sulfonamides is 1. The number of aryl methyl sites for hydroxylation is 2. The van der Waals surface area contributed by atoms with Gasteiger partial charge in [-0.05, 0) is 56.9 Å². The number of nitrogens with zero attached hydrogens (tertiary/aromatic N) is 1. The second-order valence-corrected chi connectivity index (χ2v) is 9.54. The van der Waals surface area contributed by atoms with Gasteiger partial charge >= 0.3 is 0 Å². The van der Waals surface area contributed by atoms with Crippen molar-refractivity contribution < 1.29 is 13.2 Å². The van der Waals surface area contributed by atoms with Crippen LogP contribution in [-0.4, -0.2) is 31.7 Å². The standard InChI is InChI=1S/C22H28N2O3S/c1-16-11-12-21(17(2)14-16)18(3)23-22(25)19-8-7-13-24(15-19)28(26,27)20-9-5-4-6-10-20/h4-6,9-12,14,18-19H,7-8,13,15H2,1-3H3,(H,23,25)/t18-,19+/m0/s1. The molecule has 0 aliphatic carbocycles. The highest BCUT2D eigenvalue weighted by molar-refractivity contribution is 7.89. The molecule has 0 unspecified atom stereocenters. The fourth-order valence-corrected chi connectivity index (χ4v) is 5.38. The molecule has 2 aromatic rings. The van der Waals surface area contributed by atoms with Crippen LogP contribution < -0.4 is 5.32 Å². The van der Waals surface area contributed by atoms with Crippen molar-refractivity contribution in [3.8, 4) is 0 Å². The molecule has 1 fully saturated rings. The van der Waals surface area contributed by atoms with Crippen LogP contribution in [0.5, 0.6) is 0 Å². The number of benzene rings is 2. The number of hydrogen-bond acceptors (Lipinski definition) is 3. The van der Waals surface area contributed by atoms with Crippen molar-refractivity contribution >= 4 is 15.9 Å². The van der Waals surface area contributed by atoms with Gasteiger partial charge < -0.3 is 5.32 Å². The van der Waals surface area contributed by atoms with Crippen molar-refractivity contribution in [3.05, 3.63) is 65.2 Å². The van der Waals surface area contributed by atoms with Crippen LogP contribution in [-0.2, 0) is 14.8 Å². The molecular formula is C22H28N2O3S. The molecule has 2 aromatic carbocycles. The van der Waals surface area contributed by atoms with Crippen molar-refractivity contribution in [1.82, 2.24) is 9.62 Å². The maximum atomic E-state index is 12.9. The van der Waals surface area contributed by atoms with E-state index in [2.05, 4.69) is 11.4 Å². The number of amides is 1. The Bertz CT molecular complexity index is 942. The maximum absolute atomic E-state index is 12.9. The Labute approximate surface area is 167 Å². The zero-order chi connectivity index (χ0) is 20.3. The van der Waals surface area contributed by atoms with Gasteiger partial charge in [-0.3, -0.25) is 4.79 Å². The SMILES string of the molecule is Cc1ccc([C@H](C)NC(=O)[C@@H]2CCCN(S(=O)(=O)c3ccccc3)C2)c(C)c1. The third kappa shape index (κ3) is 4.45. The molecule has 5 nitrogen and oxygen atoms in total. The second kappa shape index (κ2) is 8.45. The molecule has 150 valence electrons. The Kier molecular flexibility index (Phi) is 6.20. The van der Waals surface area contributed by atoms with E-state index in [9.17, 15) is 13.2 Å². The third-order valence-corrected chi connectivity index (χ3v) is 7.27. The van der Waals surface area contributed by atoms with Crippen molar-refractivity contribution in [2.45, 2.75) is 44.6 Å². The molecular weight excluding hydrogens is 372 g/mol. The molecule has 1 aliphatic heterocycles. The van der Waals surface area contributed by atoms with Crippen LogP contribution in [0.15, 0.2) is 53.4 Å². The monoisotopic (exact) mass is 400 g/mol. The van der Waals surface area contributed by atoms with Crippen LogP contribution in [0.2, 0.25) is 0 Å². The van der Waals surface area contributed by atoms with E-state index in [1.165, 1.54) is 9.87 Å². The molecule has 0 spiro atoms. The largest absolute Gasteiger partial charge is 0.349 e. The van der Waals surface area contributed by atoms with Gasteiger partial charge in [0.25, 0.3) is 0 Å². The van der Waals surface area contributed by atoms with Crippen LogP contribution in [0.25, 0.3) is 0 Å². The Hall–Kier alpha value is -2.18. The Balaban J connectivity index is 1.69. The number of nitrogens with one attached hydrogen (secondary N) is 1. The first-order valence-electron chi connectivity index (χ1n) is 9.72. The van der Waals surface area contributed by atoms with Gasteiger partial charge in [-0.25, -0.2) is 8.42 Å². The minimum Gasteiger partial charge on any atom is -0.349 e. The minimum atomic E-state index is -3.57. The first-order chi connectivity index (χ1) is 13.3. The smallest absolute Gasteiger partial charge is 0.243 e. The average molecular weight is 401 g/mol. The highest BCUT2D eigenvalue weighted by atomic mass is 32.2. The van der Waals surface area contributed by atoms with E-state index in [1.807, 2.05) is 32.9 Å². The molecule has 1 heterocycles. The number of carbonyl (C=O) groups excluding carboxylic acids is 1. The fraction of sp³-hybridized carbons (Fsp3) is 0.409.